The summed E-state index contributed by atoms with van der Waals surface area (Å²) in [5.41, 5.74) is 1.20. The minimum atomic E-state index is -0.408. The first kappa shape index (κ1) is 16.6. The Morgan fingerprint density at radius 3 is 2.28 bits per heavy atom. The molecule has 6 nitrogen and oxygen atoms in total. The molecule has 0 radical (unpaired) electrons. The molecule has 0 unspecified atom stereocenters. The minimum Gasteiger partial charge on any atom is -0.457 e. The fourth-order valence-corrected chi connectivity index (χ4v) is 2.40. The van der Waals surface area contributed by atoms with Crippen LogP contribution in [0.25, 0.3) is 5.69 Å². The highest BCUT2D eigenvalue weighted by Crippen LogP contribution is 2.23. The molecule has 0 aliphatic heterocycles. The van der Waals surface area contributed by atoms with Gasteiger partial charge in [-0.25, -0.2) is 0 Å². The number of hydrogen-bond donors (Lipinski definition) is 1. The molecule has 1 N–H and O–H groups in total. The molecule has 3 rings (SSSR count). The normalized spacial score (nSPS) is 10.1. The van der Waals surface area contributed by atoms with E-state index in [2.05, 4.69) is 16.5 Å². The lowest BCUT2D eigenvalue weighted by Crippen LogP contribution is -2.22. The second-order valence-corrected chi connectivity index (χ2v) is 5.45. The van der Waals surface area contributed by atoms with Crippen LogP contribution in [-0.2, 0) is 0 Å². The van der Waals surface area contributed by atoms with Gasteiger partial charge in [-0.3, -0.25) is 4.79 Å². The van der Waals surface area contributed by atoms with E-state index in [1.807, 2.05) is 0 Å². The van der Waals surface area contributed by atoms with E-state index in [1.165, 1.54) is 10.9 Å². The van der Waals surface area contributed by atoms with Gasteiger partial charge in [0.1, 0.15) is 16.5 Å². The summed E-state index contributed by atoms with van der Waals surface area (Å²) >= 11 is 6.03. The zero-order valence-electron chi connectivity index (χ0n) is 13.2. The number of nitriles is 1. The molecule has 1 heterocycles. The lowest BCUT2D eigenvalue weighted by molar-refractivity contribution is 0.482. The number of benzene rings is 2. The third kappa shape index (κ3) is 3.47. The highest BCUT2D eigenvalue weighted by molar-refractivity contribution is 6.32. The second kappa shape index (κ2) is 7.07. The number of halogens is 1. The second-order valence-electron chi connectivity index (χ2n) is 5.07. The Hall–Kier alpha value is -3.30. The molecule has 0 bridgehead atoms. The van der Waals surface area contributed by atoms with Crippen LogP contribution in [0, 0.1) is 11.3 Å². The van der Waals surface area contributed by atoms with Crippen molar-refractivity contribution < 1.29 is 4.74 Å². The standard InChI is InChI=1S/C18H13ClN4O2/c1-21-16-11-22-23(18(24)17(16)19)13-4-8-15(9-5-13)25-14-6-2-12(10-20)3-7-14/h2-9,11,21H,1H3. The number of ether oxygens (including phenoxy) is 1. The molecule has 0 saturated carbocycles. The third-order valence-electron chi connectivity index (χ3n) is 3.49. The van der Waals surface area contributed by atoms with Crippen LogP contribution < -0.4 is 15.6 Å². The maximum Gasteiger partial charge on any atom is 0.292 e. The molecule has 0 saturated heterocycles. The first-order valence-electron chi connectivity index (χ1n) is 7.36. The molecule has 0 spiro atoms. The summed E-state index contributed by atoms with van der Waals surface area (Å²) in [6.07, 6.45) is 1.49. The van der Waals surface area contributed by atoms with E-state index in [1.54, 1.807) is 55.6 Å². The van der Waals surface area contributed by atoms with E-state index in [9.17, 15) is 4.79 Å². The first-order chi connectivity index (χ1) is 12.1. The molecule has 0 aliphatic carbocycles. The molecule has 0 atom stereocenters. The van der Waals surface area contributed by atoms with Gasteiger partial charge >= 0.3 is 0 Å². The van der Waals surface area contributed by atoms with Crippen molar-refractivity contribution in [1.82, 2.24) is 9.78 Å². The van der Waals surface area contributed by atoms with Crippen molar-refractivity contribution in [3.8, 4) is 23.3 Å². The third-order valence-corrected chi connectivity index (χ3v) is 3.85. The molecule has 0 amide bonds. The van der Waals surface area contributed by atoms with Crippen molar-refractivity contribution in [2.24, 2.45) is 0 Å². The number of hydrogen-bond acceptors (Lipinski definition) is 5. The van der Waals surface area contributed by atoms with Gasteiger partial charge in [-0.2, -0.15) is 15.0 Å². The van der Waals surface area contributed by atoms with E-state index in [-0.39, 0.29) is 5.02 Å². The molecule has 25 heavy (non-hydrogen) atoms. The zero-order chi connectivity index (χ0) is 17.8. The summed E-state index contributed by atoms with van der Waals surface area (Å²) in [5.74, 6) is 1.21. The molecule has 0 fully saturated rings. The van der Waals surface area contributed by atoms with Crippen LogP contribution in [0.15, 0.2) is 59.5 Å². The topological polar surface area (TPSA) is 79.9 Å². The van der Waals surface area contributed by atoms with Crippen LogP contribution in [0.1, 0.15) is 5.56 Å². The molecule has 1 aromatic heterocycles. The Kier molecular flexibility index (Phi) is 4.68. The summed E-state index contributed by atoms with van der Waals surface area (Å²) in [6, 6.07) is 15.7. The molecule has 124 valence electrons. The van der Waals surface area contributed by atoms with Crippen LogP contribution in [0.4, 0.5) is 5.69 Å². The van der Waals surface area contributed by atoms with Gasteiger partial charge in [0, 0.05) is 7.05 Å². The predicted molar refractivity (Wildman–Crippen MR) is 95.6 cm³/mol. The van der Waals surface area contributed by atoms with Crippen LogP contribution >= 0.6 is 11.6 Å². The van der Waals surface area contributed by atoms with Crippen molar-refractivity contribution in [3.05, 3.63) is 75.7 Å². The quantitative estimate of drug-likeness (QED) is 0.776. The van der Waals surface area contributed by atoms with Gasteiger partial charge in [0.05, 0.1) is 29.2 Å². The number of anilines is 1. The Morgan fingerprint density at radius 1 is 1.12 bits per heavy atom. The van der Waals surface area contributed by atoms with Crippen molar-refractivity contribution in [3.63, 3.8) is 0 Å². The van der Waals surface area contributed by atoms with E-state index in [4.69, 9.17) is 21.6 Å². The predicted octanol–water partition coefficient (Wildman–Crippen LogP) is 3.59. The van der Waals surface area contributed by atoms with Crippen molar-refractivity contribution in [1.29, 1.82) is 5.26 Å². The Bertz CT molecular complexity index is 990. The largest absolute Gasteiger partial charge is 0.457 e. The highest BCUT2D eigenvalue weighted by Gasteiger charge is 2.09. The van der Waals surface area contributed by atoms with Gasteiger partial charge in [0.25, 0.3) is 5.56 Å². The van der Waals surface area contributed by atoms with Crippen molar-refractivity contribution >= 4 is 17.3 Å². The molecule has 2 aromatic carbocycles. The zero-order valence-corrected chi connectivity index (χ0v) is 14.0. The van der Waals surface area contributed by atoms with E-state index in [0.717, 1.165) is 0 Å². The fourth-order valence-electron chi connectivity index (χ4n) is 2.18. The molecular weight excluding hydrogens is 340 g/mol. The molecule has 7 heteroatoms. The van der Waals surface area contributed by atoms with Crippen molar-refractivity contribution in [2.75, 3.05) is 12.4 Å². The maximum atomic E-state index is 12.3. The van der Waals surface area contributed by atoms with Crippen LogP contribution in [-0.4, -0.2) is 16.8 Å². The van der Waals surface area contributed by atoms with E-state index < -0.39 is 5.56 Å². The summed E-state index contributed by atoms with van der Waals surface area (Å²) in [4.78, 5) is 12.3. The lowest BCUT2D eigenvalue weighted by Gasteiger charge is -2.09. The number of nitrogens with zero attached hydrogens (tertiary/aromatic N) is 3. The Morgan fingerprint density at radius 2 is 1.72 bits per heavy atom. The van der Waals surface area contributed by atoms with Gasteiger partial charge in [0.15, 0.2) is 0 Å². The number of rotatable bonds is 4. The summed E-state index contributed by atoms with van der Waals surface area (Å²) in [5, 5.41) is 15.8. The van der Waals surface area contributed by atoms with Gasteiger partial charge in [-0.05, 0) is 48.5 Å². The van der Waals surface area contributed by atoms with Crippen LogP contribution in [0.2, 0.25) is 5.02 Å². The average Bonchev–Trinajstić information content (AvgIpc) is 2.65. The molecule has 3 aromatic rings. The average molecular weight is 353 g/mol. The maximum absolute atomic E-state index is 12.3. The van der Waals surface area contributed by atoms with Crippen LogP contribution in [0.5, 0.6) is 11.5 Å². The smallest absolute Gasteiger partial charge is 0.292 e. The van der Waals surface area contributed by atoms with Gasteiger partial charge in [0.2, 0.25) is 0 Å². The molecule has 0 aliphatic rings. The number of aromatic nitrogens is 2. The minimum absolute atomic E-state index is 0.0791. The SMILES string of the molecule is CNc1cnn(-c2ccc(Oc3ccc(C#N)cc3)cc2)c(=O)c1Cl. The van der Waals surface area contributed by atoms with Gasteiger partial charge in [-0.15, -0.1) is 0 Å². The lowest BCUT2D eigenvalue weighted by atomic mass is 10.2. The van der Waals surface area contributed by atoms with Crippen molar-refractivity contribution in [2.45, 2.75) is 0 Å². The number of nitrogens with one attached hydrogen (secondary N) is 1. The monoisotopic (exact) mass is 352 g/mol. The summed E-state index contributed by atoms with van der Waals surface area (Å²) in [6.45, 7) is 0. The van der Waals surface area contributed by atoms with Gasteiger partial charge < -0.3 is 10.1 Å². The van der Waals surface area contributed by atoms with E-state index >= 15 is 0 Å². The Balaban J connectivity index is 1.84. The van der Waals surface area contributed by atoms with E-state index in [0.29, 0.717) is 28.4 Å². The highest BCUT2D eigenvalue weighted by atomic mass is 35.5. The summed E-state index contributed by atoms with van der Waals surface area (Å²) in [7, 11) is 1.67. The fraction of sp³-hybridized carbons (Fsp3) is 0.0556. The first-order valence-corrected chi connectivity index (χ1v) is 7.74. The van der Waals surface area contributed by atoms with Gasteiger partial charge in [-0.1, -0.05) is 11.6 Å². The van der Waals surface area contributed by atoms with Crippen LogP contribution in [0.3, 0.4) is 0 Å². The molecular formula is C18H13ClN4O2. The summed E-state index contributed by atoms with van der Waals surface area (Å²) < 4.78 is 6.92. The Labute approximate surface area is 148 Å².